The normalized spacial score (nSPS) is 24.3. The van der Waals surface area contributed by atoms with Gasteiger partial charge in [-0.2, -0.15) is 0 Å². The summed E-state index contributed by atoms with van der Waals surface area (Å²) in [6.45, 7) is 0. The molecule has 8 heteroatoms. The number of hydrogen-bond acceptors (Lipinski definition) is 7. The first-order chi connectivity index (χ1) is 14.2. The standard InChI is InChI=1S/C21H32N6O2/c1-29-19-12-7-14(13-18(19)28)20(23-16-10-8-15(22)9-11-16)21-24-25-26-27(21)17-5-3-2-4-6-17/h7,12-13,15-17,20,23,28H,2-6,8-11,22H2,1H3. The van der Waals surface area contributed by atoms with Crippen molar-refractivity contribution in [2.75, 3.05) is 7.11 Å². The minimum Gasteiger partial charge on any atom is -0.504 e. The van der Waals surface area contributed by atoms with E-state index in [4.69, 9.17) is 10.5 Å². The van der Waals surface area contributed by atoms with Crippen molar-refractivity contribution in [2.45, 2.75) is 82.0 Å². The molecule has 2 aliphatic carbocycles. The number of nitrogens with two attached hydrogens (primary N) is 1. The van der Waals surface area contributed by atoms with Crippen LogP contribution in [0.4, 0.5) is 0 Å². The molecule has 1 aromatic heterocycles. The van der Waals surface area contributed by atoms with Crippen LogP contribution in [0.5, 0.6) is 11.5 Å². The van der Waals surface area contributed by atoms with Gasteiger partial charge < -0.3 is 20.9 Å². The maximum absolute atomic E-state index is 10.4. The lowest BCUT2D eigenvalue weighted by atomic mass is 9.90. The summed E-state index contributed by atoms with van der Waals surface area (Å²) in [6.07, 6.45) is 10.0. The number of tetrazole rings is 1. The minimum absolute atomic E-state index is 0.124. The van der Waals surface area contributed by atoms with Gasteiger partial charge in [0.25, 0.3) is 0 Å². The van der Waals surface area contributed by atoms with Gasteiger partial charge in [-0.05, 0) is 66.6 Å². The van der Waals surface area contributed by atoms with Crippen molar-refractivity contribution in [2.24, 2.45) is 5.73 Å². The Labute approximate surface area is 171 Å². The number of aromatic hydroxyl groups is 1. The van der Waals surface area contributed by atoms with Crippen molar-refractivity contribution in [3.05, 3.63) is 29.6 Å². The molecule has 1 aromatic carbocycles. The number of phenols is 1. The van der Waals surface area contributed by atoms with E-state index in [2.05, 4.69) is 20.8 Å². The van der Waals surface area contributed by atoms with Gasteiger partial charge in [-0.25, -0.2) is 4.68 Å². The first kappa shape index (κ1) is 20.1. The third-order valence-electron chi connectivity index (χ3n) is 6.41. The van der Waals surface area contributed by atoms with Gasteiger partial charge in [0.05, 0.1) is 19.2 Å². The first-order valence-electron chi connectivity index (χ1n) is 10.8. The maximum Gasteiger partial charge on any atom is 0.173 e. The molecule has 0 amide bonds. The number of rotatable bonds is 6. The summed E-state index contributed by atoms with van der Waals surface area (Å²) < 4.78 is 7.23. The Hall–Kier alpha value is -2.19. The van der Waals surface area contributed by atoms with E-state index < -0.39 is 0 Å². The Bertz CT molecular complexity index is 796. The highest BCUT2D eigenvalue weighted by atomic mass is 16.5. The second kappa shape index (κ2) is 9.09. The average Bonchev–Trinajstić information content (AvgIpc) is 3.23. The molecule has 0 radical (unpaired) electrons. The minimum atomic E-state index is -0.192. The van der Waals surface area contributed by atoms with E-state index in [0.29, 0.717) is 23.9 Å². The number of phenolic OH excluding ortho intramolecular Hbond substituents is 1. The molecular formula is C21H32N6O2. The van der Waals surface area contributed by atoms with E-state index >= 15 is 0 Å². The highest BCUT2D eigenvalue weighted by Gasteiger charge is 2.30. The number of benzene rings is 1. The summed E-state index contributed by atoms with van der Waals surface area (Å²) >= 11 is 0. The molecule has 0 aliphatic heterocycles. The summed E-state index contributed by atoms with van der Waals surface area (Å²) in [4.78, 5) is 0. The molecule has 158 valence electrons. The van der Waals surface area contributed by atoms with Gasteiger partial charge in [-0.1, -0.05) is 25.3 Å². The largest absolute Gasteiger partial charge is 0.504 e. The number of nitrogens with one attached hydrogen (secondary N) is 1. The van der Waals surface area contributed by atoms with E-state index in [-0.39, 0.29) is 11.8 Å². The highest BCUT2D eigenvalue weighted by Crippen LogP contribution is 2.34. The summed E-state index contributed by atoms with van der Waals surface area (Å²) in [6, 6.07) is 6.32. The Morgan fingerprint density at radius 1 is 1.14 bits per heavy atom. The molecule has 0 saturated heterocycles. The fourth-order valence-electron chi connectivity index (χ4n) is 4.70. The first-order valence-corrected chi connectivity index (χ1v) is 10.8. The van der Waals surface area contributed by atoms with Crippen LogP contribution in [0.15, 0.2) is 18.2 Å². The molecule has 2 saturated carbocycles. The van der Waals surface area contributed by atoms with Crippen LogP contribution in [0.1, 0.15) is 81.3 Å². The predicted molar refractivity (Wildman–Crippen MR) is 110 cm³/mol. The lowest BCUT2D eigenvalue weighted by Crippen LogP contribution is -2.40. The summed E-state index contributed by atoms with van der Waals surface area (Å²) in [7, 11) is 1.55. The van der Waals surface area contributed by atoms with Crippen molar-refractivity contribution in [3.8, 4) is 11.5 Å². The maximum atomic E-state index is 10.4. The van der Waals surface area contributed by atoms with E-state index in [1.54, 1.807) is 19.2 Å². The van der Waals surface area contributed by atoms with Gasteiger partial charge in [-0.3, -0.25) is 0 Å². The number of ether oxygens (including phenoxy) is 1. The molecule has 4 rings (SSSR count). The molecule has 1 unspecified atom stereocenters. The molecule has 29 heavy (non-hydrogen) atoms. The van der Waals surface area contributed by atoms with Crippen LogP contribution in [0.25, 0.3) is 0 Å². The van der Waals surface area contributed by atoms with Gasteiger partial charge >= 0.3 is 0 Å². The van der Waals surface area contributed by atoms with Crippen LogP contribution in [0.2, 0.25) is 0 Å². The fourth-order valence-corrected chi connectivity index (χ4v) is 4.70. The van der Waals surface area contributed by atoms with Crippen LogP contribution in [-0.4, -0.2) is 44.5 Å². The monoisotopic (exact) mass is 400 g/mol. The lowest BCUT2D eigenvalue weighted by molar-refractivity contribution is 0.293. The molecule has 2 aromatic rings. The zero-order chi connectivity index (χ0) is 20.2. The van der Waals surface area contributed by atoms with E-state index in [1.165, 1.54) is 19.3 Å². The smallest absolute Gasteiger partial charge is 0.173 e. The van der Waals surface area contributed by atoms with Gasteiger partial charge in [0.2, 0.25) is 0 Å². The zero-order valence-corrected chi connectivity index (χ0v) is 17.1. The highest BCUT2D eigenvalue weighted by molar-refractivity contribution is 5.43. The van der Waals surface area contributed by atoms with Crippen molar-refractivity contribution in [3.63, 3.8) is 0 Å². The molecule has 8 nitrogen and oxygen atoms in total. The van der Waals surface area contributed by atoms with Crippen molar-refractivity contribution in [1.29, 1.82) is 0 Å². The topological polar surface area (TPSA) is 111 Å². The second-order valence-electron chi connectivity index (χ2n) is 8.42. The number of nitrogens with zero attached hydrogens (tertiary/aromatic N) is 4. The van der Waals surface area contributed by atoms with Crippen LogP contribution >= 0.6 is 0 Å². The third kappa shape index (κ3) is 4.53. The number of methoxy groups -OCH3 is 1. The lowest BCUT2D eigenvalue weighted by Gasteiger charge is -2.31. The molecule has 1 atom stereocenters. The molecule has 0 spiro atoms. The van der Waals surface area contributed by atoms with Gasteiger partial charge in [-0.15, -0.1) is 5.10 Å². The van der Waals surface area contributed by atoms with Crippen LogP contribution in [0.3, 0.4) is 0 Å². The Kier molecular flexibility index (Phi) is 6.30. The predicted octanol–water partition coefficient (Wildman–Crippen LogP) is 2.84. The quantitative estimate of drug-likeness (QED) is 0.684. The number of aromatic nitrogens is 4. The van der Waals surface area contributed by atoms with Gasteiger partial charge in [0.1, 0.15) is 0 Å². The van der Waals surface area contributed by atoms with E-state index in [9.17, 15) is 5.11 Å². The Balaban J connectivity index is 1.65. The SMILES string of the molecule is COc1ccc(C(NC2CCC(N)CC2)c2nnnn2C2CCCCC2)cc1O. The second-order valence-corrected chi connectivity index (χ2v) is 8.42. The number of hydrogen-bond donors (Lipinski definition) is 3. The van der Waals surface area contributed by atoms with E-state index in [0.717, 1.165) is 49.9 Å². The summed E-state index contributed by atoms with van der Waals surface area (Å²) in [5, 5.41) is 26.9. The average molecular weight is 401 g/mol. The summed E-state index contributed by atoms with van der Waals surface area (Å²) in [5.74, 6) is 1.40. The van der Waals surface area contributed by atoms with Crippen molar-refractivity contribution in [1.82, 2.24) is 25.5 Å². The molecule has 1 heterocycles. The van der Waals surface area contributed by atoms with Gasteiger partial charge in [0, 0.05) is 12.1 Å². The van der Waals surface area contributed by atoms with Crippen LogP contribution in [-0.2, 0) is 0 Å². The van der Waals surface area contributed by atoms with Crippen LogP contribution in [0, 0.1) is 0 Å². The molecule has 0 bridgehead atoms. The molecule has 4 N–H and O–H groups in total. The summed E-state index contributed by atoms with van der Waals surface area (Å²) in [5.41, 5.74) is 7.03. The van der Waals surface area contributed by atoms with Crippen molar-refractivity contribution < 1.29 is 9.84 Å². The Morgan fingerprint density at radius 3 is 2.59 bits per heavy atom. The zero-order valence-electron chi connectivity index (χ0n) is 17.1. The fraction of sp³-hybridized carbons (Fsp3) is 0.667. The molecule has 2 fully saturated rings. The van der Waals surface area contributed by atoms with Gasteiger partial charge in [0.15, 0.2) is 17.3 Å². The Morgan fingerprint density at radius 2 is 1.90 bits per heavy atom. The molecule has 2 aliphatic rings. The van der Waals surface area contributed by atoms with Crippen molar-refractivity contribution >= 4 is 0 Å². The molecular weight excluding hydrogens is 368 g/mol. The van der Waals surface area contributed by atoms with E-state index in [1.807, 2.05) is 10.7 Å². The third-order valence-corrected chi connectivity index (χ3v) is 6.41. The van der Waals surface area contributed by atoms with Crippen LogP contribution < -0.4 is 15.8 Å².